The van der Waals surface area contributed by atoms with Crippen molar-refractivity contribution in [3.63, 3.8) is 0 Å². The first-order valence-electron chi connectivity index (χ1n) is 4.05. The Bertz CT molecular complexity index is 396. The normalized spacial score (nSPS) is 20.1. The number of hydrogen-bond donors (Lipinski definition) is 2. The number of rotatable bonds is 0. The van der Waals surface area contributed by atoms with Crippen molar-refractivity contribution < 1.29 is 4.79 Å². The number of anilines is 1. The Morgan fingerprint density at radius 2 is 2.00 bits per heavy atom. The number of hydrogen-bond acceptors (Lipinski definition) is 3. The van der Waals surface area contributed by atoms with Crippen molar-refractivity contribution >= 4 is 17.5 Å². The molecule has 0 bridgehead atoms. The molecule has 66 valence electrons. The summed E-state index contributed by atoms with van der Waals surface area (Å²) in [6, 6.07) is 4.86. The van der Waals surface area contributed by atoms with E-state index in [1.807, 2.05) is 6.07 Å². The van der Waals surface area contributed by atoms with E-state index >= 15 is 0 Å². The van der Waals surface area contributed by atoms with Gasteiger partial charge in [-0.15, -0.1) is 0 Å². The monoisotopic (exact) mass is 174 g/mol. The second-order valence-corrected chi connectivity index (χ2v) is 3.10. The summed E-state index contributed by atoms with van der Waals surface area (Å²) in [5, 5.41) is 0. The summed E-state index contributed by atoms with van der Waals surface area (Å²) in [6.07, 6.45) is 3.27. The average Bonchev–Trinajstić information content (AvgIpc) is 2.12. The van der Waals surface area contributed by atoms with E-state index in [0.29, 0.717) is 5.69 Å². The molecule has 2 rings (SSSR count). The summed E-state index contributed by atoms with van der Waals surface area (Å²) < 4.78 is 0. The van der Waals surface area contributed by atoms with Crippen molar-refractivity contribution in [1.82, 2.24) is 0 Å². The number of benzene rings is 1. The zero-order valence-electron chi connectivity index (χ0n) is 7.03. The predicted molar refractivity (Wildman–Crippen MR) is 51.8 cm³/mol. The molecular formula is C10H10N2O. The van der Waals surface area contributed by atoms with Crippen LogP contribution in [-0.4, -0.2) is 5.78 Å². The highest BCUT2D eigenvalue weighted by Crippen LogP contribution is 2.25. The summed E-state index contributed by atoms with van der Waals surface area (Å²) in [5.41, 5.74) is 13.7. The molecule has 3 nitrogen and oxygen atoms in total. The van der Waals surface area contributed by atoms with Crippen molar-refractivity contribution in [2.24, 2.45) is 5.73 Å². The minimum atomic E-state index is -0.552. The van der Waals surface area contributed by atoms with E-state index in [1.165, 1.54) is 6.08 Å². The van der Waals surface area contributed by atoms with E-state index in [0.717, 1.165) is 11.1 Å². The Morgan fingerprint density at radius 3 is 2.77 bits per heavy atom. The fourth-order valence-corrected chi connectivity index (χ4v) is 1.44. The molecule has 1 aromatic rings. The zero-order chi connectivity index (χ0) is 9.42. The molecule has 0 radical (unpaired) electrons. The van der Waals surface area contributed by atoms with Gasteiger partial charge in [0.15, 0.2) is 5.78 Å². The lowest BCUT2D eigenvalue weighted by molar-refractivity contribution is -0.115. The third kappa shape index (κ3) is 1.23. The summed E-state index contributed by atoms with van der Waals surface area (Å²) in [5.74, 6) is -0.0712. The fraction of sp³-hybridized carbons (Fsp3) is 0.100. The number of ketones is 1. The quantitative estimate of drug-likeness (QED) is 0.573. The molecule has 0 spiro atoms. The first kappa shape index (κ1) is 8.01. The van der Waals surface area contributed by atoms with Crippen molar-refractivity contribution in [2.75, 3.05) is 5.73 Å². The molecule has 0 aromatic heterocycles. The summed E-state index contributed by atoms with van der Waals surface area (Å²) >= 11 is 0. The van der Waals surface area contributed by atoms with Crippen molar-refractivity contribution in [1.29, 1.82) is 0 Å². The van der Waals surface area contributed by atoms with Crippen LogP contribution in [0.3, 0.4) is 0 Å². The van der Waals surface area contributed by atoms with Gasteiger partial charge in [-0.05, 0) is 29.3 Å². The van der Waals surface area contributed by atoms with Crippen LogP contribution in [0.15, 0.2) is 24.3 Å². The van der Waals surface area contributed by atoms with E-state index in [4.69, 9.17) is 11.5 Å². The van der Waals surface area contributed by atoms with Crippen LogP contribution in [0, 0.1) is 0 Å². The Hall–Kier alpha value is -1.61. The molecule has 0 saturated heterocycles. The lowest BCUT2D eigenvalue weighted by Gasteiger charge is -2.16. The average molecular weight is 174 g/mol. The number of nitrogens with two attached hydrogens (primary N) is 2. The molecule has 0 aliphatic heterocycles. The van der Waals surface area contributed by atoms with Crippen LogP contribution < -0.4 is 11.5 Å². The van der Waals surface area contributed by atoms with Gasteiger partial charge in [0.05, 0.1) is 6.04 Å². The maximum atomic E-state index is 11.2. The van der Waals surface area contributed by atoms with Crippen LogP contribution in [0.1, 0.15) is 17.2 Å². The highest BCUT2D eigenvalue weighted by atomic mass is 16.1. The van der Waals surface area contributed by atoms with Gasteiger partial charge in [0.2, 0.25) is 0 Å². The molecule has 1 aromatic carbocycles. The van der Waals surface area contributed by atoms with Gasteiger partial charge in [-0.2, -0.15) is 0 Å². The van der Waals surface area contributed by atoms with Crippen LogP contribution in [0.25, 0.3) is 6.08 Å². The van der Waals surface area contributed by atoms with E-state index < -0.39 is 6.04 Å². The first-order valence-corrected chi connectivity index (χ1v) is 4.05. The minimum Gasteiger partial charge on any atom is -0.399 e. The summed E-state index contributed by atoms with van der Waals surface area (Å²) in [7, 11) is 0. The number of fused-ring (bicyclic) bond motifs is 1. The Balaban J connectivity index is 2.60. The Kier molecular flexibility index (Phi) is 1.67. The smallest absolute Gasteiger partial charge is 0.176 e. The molecular weight excluding hydrogens is 164 g/mol. The van der Waals surface area contributed by atoms with Crippen molar-refractivity contribution in [3.05, 3.63) is 35.4 Å². The minimum absolute atomic E-state index is 0.0712. The number of carbonyl (C=O) groups excluding carboxylic acids is 1. The van der Waals surface area contributed by atoms with Gasteiger partial charge in [-0.1, -0.05) is 12.1 Å². The number of carbonyl (C=O) groups is 1. The molecule has 13 heavy (non-hydrogen) atoms. The van der Waals surface area contributed by atoms with Crippen molar-refractivity contribution in [3.8, 4) is 0 Å². The summed E-state index contributed by atoms with van der Waals surface area (Å²) in [4.78, 5) is 11.2. The van der Waals surface area contributed by atoms with Crippen LogP contribution in [0.4, 0.5) is 5.69 Å². The van der Waals surface area contributed by atoms with Gasteiger partial charge >= 0.3 is 0 Å². The molecule has 3 heteroatoms. The second-order valence-electron chi connectivity index (χ2n) is 3.10. The molecule has 0 saturated carbocycles. The standard InChI is InChI=1S/C10H10N2O/c11-7-3-1-6-2-4-9(13)10(12)8(6)5-7/h1-5,10H,11-12H2/t10-/m1/s1. The predicted octanol–water partition coefficient (Wildman–Crippen LogP) is 0.865. The summed E-state index contributed by atoms with van der Waals surface area (Å²) in [6.45, 7) is 0. The van der Waals surface area contributed by atoms with Gasteiger partial charge in [-0.3, -0.25) is 4.79 Å². The molecule has 0 unspecified atom stereocenters. The SMILES string of the molecule is Nc1ccc2c(c1)[C@@H](N)C(=O)C=C2. The molecule has 1 atom stereocenters. The third-order valence-corrected chi connectivity index (χ3v) is 2.18. The van der Waals surface area contributed by atoms with Crippen molar-refractivity contribution in [2.45, 2.75) is 6.04 Å². The maximum absolute atomic E-state index is 11.2. The molecule has 0 fully saturated rings. The van der Waals surface area contributed by atoms with Crippen LogP contribution in [0.2, 0.25) is 0 Å². The molecule has 0 amide bonds. The largest absolute Gasteiger partial charge is 0.399 e. The van der Waals surface area contributed by atoms with E-state index in [1.54, 1.807) is 18.2 Å². The van der Waals surface area contributed by atoms with Gasteiger partial charge in [0.25, 0.3) is 0 Å². The highest BCUT2D eigenvalue weighted by molar-refractivity contribution is 6.01. The fourth-order valence-electron chi connectivity index (χ4n) is 1.44. The second kappa shape index (κ2) is 2.71. The van der Waals surface area contributed by atoms with E-state index in [9.17, 15) is 4.79 Å². The van der Waals surface area contributed by atoms with Crippen LogP contribution >= 0.6 is 0 Å². The maximum Gasteiger partial charge on any atom is 0.176 e. The third-order valence-electron chi connectivity index (χ3n) is 2.18. The Morgan fingerprint density at radius 1 is 1.23 bits per heavy atom. The molecule has 0 heterocycles. The van der Waals surface area contributed by atoms with Gasteiger partial charge in [0.1, 0.15) is 0 Å². The molecule has 4 N–H and O–H groups in total. The van der Waals surface area contributed by atoms with E-state index in [2.05, 4.69) is 0 Å². The topological polar surface area (TPSA) is 69.1 Å². The van der Waals surface area contributed by atoms with Crippen LogP contribution in [0.5, 0.6) is 0 Å². The lowest BCUT2D eigenvalue weighted by atomic mass is 9.92. The molecule has 1 aliphatic rings. The Labute approximate surface area is 76.0 Å². The zero-order valence-corrected chi connectivity index (χ0v) is 7.03. The highest BCUT2D eigenvalue weighted by Gasteiger charge is 2.19. The van der Waals surface area contributed by atoms with Crippen LogP contribution in [-0.2, 0) is 4.79 Å². The lowest BCUT2D eigenvalue weighted by Crippen LogP contribution is -2.22. The number of nitrogen functional groups attached to an aromatic ring is 1. The van der Waals surface area contributed by atoms with E-state index in [-0.39, 0.29) is 5.78 Å². The van der Waals surface area contributed by atoms with Gasteiger partial charge in [0, 0.05) is 5.69 Å². The first-order chi connectivity index (χ1) is 6.18. The molecule has 1 aliphatic carbocycles. The van der Waals surface area contributed by atoms with Gasteiger partial charge in [-0.25, -0.2) is 0 Å². The van der Waals surface area contributed by atoms with Gasteiger partial charge < -0.3 is 11.5 Å².